The van der Waals surface area contributed by atoms with Crippen LogP contribution in [0.25, 0.3) is 0 Å². The van der Waals surface area contributed by atoms with Gasteiger partial charge in [0, 0.05) is 31.5 Å². The highest BCUT2D eigenvalue weighted by molar-refractivity contribution is 5.93. The van der Waals surface area contributed by atoms with Crippen molar-refractivity contribution in [3.8, 4) is 11.5 Å². The quantitative estimate of drug-likeness (QED) is 0.777. The minimum Gasteiger partial charge on any atom is -0.454 e. The second-order valence-corrected chi connectivity index (χ2v) is 5.13. The molecule has 0 aliphatic carbocycles. The second kappa shape index (κ2) is 7.14. The van der Waals surface area contributed by atoms with Gasteiger partial charge in [0.1, 0.15) is 17.3 Å². The maximum Gasteiger partial charge on any atom is 0.270 e. The lowest BCUT2D eigenvalue weighted by Crippen LogP contribution is -2.28. The fourth-order valence-electron chi connectivity index (χ4n) is 2.23. The maximum absolute atomic E-state index is 12.1. The maximum atomic E-state index is 12.1. The van der Waals surface area contributed by atoms with E-state index in [0.29, 0.717) is 42.0 Å². The molecule has 8 heteroatoms. The molecule has 24 heavy (non-hydrogen) atoms. The number of rotatable bonds is 6. The van der Waals surface area contributed by atoms with Crippen molar-refractivity contribution in [2.75, 3.05) is 32.4 Å². The molecule has 0 atom stereocenters. The van der Waals surface area contributed by atoms with Gasteiger partial charge in [-0.25, -0.2) is 9.97 Å². The van der Waals surface area contributed by atoms with Crippen LogP contribution in [0.3, 0.4) is 0 Å². The van der Waals surface area contributed by atoms with E-state index >= 15 is 0 Å². The van der Waals surface area contributed by atoms with Gasteiger partial charge >= 0.3 is 0 Å². The number of aryl methyl sites for hydroxylation is 1. The lowest BCUT2D eigenvalue weighted by molar-refractivity contribution is 0.0931. The molecule has 0 fully saturated rings. The Labute approximate surface area is 139 Å². The van der Waals surface area contributed by atoms with E-state index in [0.717, 1.165) is 5.69 Å². The van der Waals surface area contributed by atoms with E-state index in [1.807, 2.05) is 18.2 Å². The zero-order chi connectivity index (χ0) is 16.9. The molecule has 2 N–H and O–H groups in total. The molecule has 1 aliphatic rings. The highest BCUT2D eigenvalue weighted by Crippen LogP contribution is 2.34. The zero-order valence-corrected chi connectivity index (χ0v) is 13.5. The van der Waals surface area contributed by atoms with E-state index in [4.69, 9.17) is 14.2 Å². The van der Waals surface area contributed by atoms with E-state index in [1.54, 1.807) is 20.1 Å². The van der Waals surface area contributed by atoms with E-state index in [-0.39, 0.29) is 12.7 Å². The molecule has 1 aromatic carbocycles. The number of ether oxygens (including phenoxy) is 3. The standard InChI is InChI=1S/C16H18N4O4/c1-10-18-12(16(21)17-5-6-22-2)8-15(19-10)20-11-3-4-13-14(7-11)24-9-23-13/h3-4,7-8H,5-6,9H2,1-2H3,(H,17,21)(H,18,19,20). The van der Waals surface area contributed by atoms with E-state index in [1.165, 1.54) is 0 Å². The number of carbonyl (C=O) groups excluding carboxylic acids is 1. The Bertz CT molecular complexity index is 751. The van der Waals surface area contributed by atoms with Crippen LogP contribution in [0, 0.1) is 6.92 Å². The van der Waals surface area contributed by atoms with Crippen molar-refractivity contribution in [2.24, 2.45) is 0 Å². The number of benzene rings is 1. The van der Waals surface area contributed by atoms with Crippen molar-refractivity contribution in [1.82, 2.24) is 15.3 Å². The van der Waals surface area contributed by atoms with E-state index in [2.05, 4.69) is 20.6 Å². The first-order valence-corrected chi connectivity index (χ1v) is 7.45. The van der Waals surface area contributed by atoms with Crippen LogP contribution in [0.1, 0.15) is 16.3 Å². The third-order valence-corrected chi connectivity index (χ3v) is 3.31. The number of hydrogen-bond donors (Lipinski definition) is 2. The minimum absolute atomic E-state index is 0.219. The fraction of sp³-hybridized carbons (Fsp3) is 0.312. The molecule has 126 valence electrons. The molecular formula is C16H18N4O4. The third kappa shape index (κ3) is 3.72. The van der Waals surface area contributed by atoms with Crippen molar-refractivity contribution in [2.45, 2.75) is 6.92 Å². The van der Waals surface area contributed by atoms with Gasteiger partial charge in [-0.3, -0.25) is 4.79 Å². The fourth-order valence-corrected chi connectivity index (χ4v) is 2.23. The van der Waals surface area contributed by atoms with Crippen LogP contribution >= 0.6 is 0 Å². The van der Waals surface area contributed by atoms with Crippen LogP contribution in [0.4, 0.5) is 11.5 Å². The molecule has 0 radical (unpaired) electrons. The summed E-state index contributed by atoms with van der Waals surface area (Å²) in [5, 5.41) is 5.88. The summed E-state index contributed by atoms with van der Waals surface area (Å²) in [6.45, 7) is 2.81. The first-order chi connectivity index (χ1) is 11.7. The van der Waals surface area contributed by atoms with Crippen molar-refractivity contribution >= 4 is 17.4 Å². The second-order valence-electron chi connectivity index (χ2n) is 5.13. The van der Waals surface area contributed by atoms with Crippen LogP contribution in [0.2, 0.25) is 0 Å². The number of fused-ring (bicyclic) bond motifs is 1. The van der Waals surface area contributed by atoms with Gasteiger partial charge in [0.25, 0.3) is 5.91 Å². The molecule has 8 nitrogen and oxygen atoms in total. The molecule has 2 aromatic rings. The Morgan fingerprint density at radius 3 is 2.92 bits per heavy atom. The van der Waals surface area contributed by atoms with Crippen molar-refractivity contribution in [3.63, 3.8) is 0 Å². The van der Waals surface area contributed by atoms with Gasteiger partial charge in [0.2, 0.25) is 6.79 Å². The number of hydrogen-bond acceptors (Lipinski definition) is 7. The van der Waals surface area contributed by atoms with Crippen molar-refractivity contribution in [3.05, 3.63) is 35.8 Å². The molecule has 0 saturated heterocycles. The Balaban J connectivity index is 1.75. The molecule has 1 aliphatic heterocycles. The molecular weight excluding hydrogens is 312 g/mol. The van der Waals surface area contributed by atoms with Crippen molar-refractivity contribution < 1.29 is 19.0 Å². The first-order valence-electron chi connectivity index (χ1n) is 7.45. The van der Waals surface area contributed by atoms with Gasteiger partial charge in [-0.05, 0) is 19.1 Å². The molecule has 0 unspecified atom stereocenters. The molecule has 0 saturated carbocycles. The monoisotopic (exact) mass is 330 g/mol. The Hall–Kier alpha value is -2.87. The number of carbonyl (C=O) groups is 1. The summed E-state index contributed by atoms with van der Waals surface area (Å²) in [6, 6.07) is 7.08. The Kier molecular flexibility index (Phi) is 4.76. The van der Waals surface area contributed by atoms with Gasteiger partial charge in [0.15, 0.2) is 11.5 Å². The summed E-state index contributed by atoms with van der Waals surface area (Å²) in [5.74, 6) is 2.13. The molecule has 2 heterocycles. The average molecular weight is 330 g/mol. The normalized spacial score (nSPS) is 12.1. The summed E-state index contributed by atoms with van der Waals surface area (Å²) >= 11 is 0. The van der Waals surface area contributed by atoms with Crippen LogP contribution in [0.5, 0.6) is 11.5 Å². The summed E-state index contributed by atoms with van der Waals surface area (Å²) in [7, 11) is 1.58. The van der Waals surface area contributed by atoms with E-state index in [9.17, 15) is 4.79 Å². The molecule has 0 bridgehead atoms. The SMILES string of the molecule is COCCNC(=O)c1cc(Nc2ccc3c(c2)OCO3)nc(C)n1. The predicted molar refractivity (Wildman–Crippen MR) is 86.8 cm³/mol. The molecule has 1 amide bonds. The van der Waals surface area contributed by atoms with Gasteiger partial charge in [-0.15, -0.1) is 0 Å². The number of nitrogens with one attached hydrogen (secondary N) is 2. The first kappa shape index (κ1) is 16.0. The minimum atomic E-state index is -0.272. The van der Waals surface area contributed by atoms with Crippen LogP contribution in [0.15, 0.2) is 24.3 Å². The number of anilines is 2. The van der Waals surface area contributed by atoms with Gasteiger partial charge in [0.05, 0.1) is 6.61 Å². The third-order valence-electron chi connectivity index (χ3n) is 3.31. The summed E-state index contributed by atoms with van der Waals surface area (Å²) in [4.78, 5) is 20.6. The van der Waals surface area contributed by atoms with E-state index < -0.39 is 0 Å². The molecule has 0 spiro atoms. The highest BCUT2D eigenvalue weighted by Gasteiger charge is 2.14. The lowest BCUT2D eigenvalue weighted by Gasteiger charge is -2.09. The summed E-state index contributed by atoms with van der Waals surface area (Å²) < 4.78 is 15.5. The van der Waals surface area contributed by atoms with Gasteiger partial charge < -0.3 is 24.8 Å². The Morgan fingerprint density at radius 1 is 1.25 bits per heavy atom. The van der Waals surface area contributed by atoms with Crippen molar-refractivity contribution in [1.29, 1.82) is 0 Å². The van der Waals surface area contributed by atoms with Crippen LogP contribution < -0.4 is 20.1 Å². The number of aromatic nitrogens is 2. The number of amides is 1. The zero-order valence-electron chi connectivity index (χ0n) is 13.5. The number of methoxy groups -OCH3 is 1. The predicted octanol–water partition coefficient (Wildman–Crippen LogP) is 1.63. The average Bonchev–Trinajstić information content (AvgIpc) is 3.02. The lowest BCUT2D eigenvalue weighted by atomic mass is 10.2. The largest absolute Gasteiger partial charge is 0.454 e. The summed E-state index contributed by atoms with van der Waals surface area (Å²) in [6.07, 6.45) is 0. The highest BCUT2D eigenvalue weighted by atomic mass is 16.7. The topological polar surface area (TPSA) is 94.6 Å². The summed E-state index contributed by atoms with van der Waals surface area (Å²) in [5.41, 5.74) is 1.07. The Morgan fingerprint density at radius 2 is 2.08 bits per heavy atom. The smallest absolute Gasteiger partial charge is 0.270 e. The molecule has 3 rings (SSSR count). The van der Waals surface area contributed by atoms with Gasteiger partial charge in [-0.1, -0.05) is 0 Å². The number of nitrogens with zero attached hydrogens (tertiary/aromatic N) is 2. The van der Waals surface area contributed by atoms with Gasteiger partial charge in [-0.2, -0.15) is 0 Å². The van der Waals surface area contributed by atoms with Crippen LogP contribution in [-0.4, -0.2) is 42.9 Å². The molecule has 1 aromatic heterocycles. The van der Waals surface area contributed by atoms with Crippen LogP contribution in [-0.2, 0) is 4.74 Å².